The minimum Gasteiger partial charge on any atom is -0.481 e. The van der Waals surface area contributed by atoms with Crippen molar-refractivity contribution >= 4 is 21.7 Å². The third-order valence-electron chi connectivity index (χ3n) is 3.99. The van der Waals surface area contributed by atoms with Gasteiger partial charge in [0.1, 0.15) is 0 Å². The molecular formula is C15H19F3N2O4S. The molecule has 1 saturated heterocycles. The molecule has 6 nitrogen and oxygen atoms in total. The Morgan fingerprint density at radius 3 is 2.68 bits per heavy atom. The van der Waals surface area contributed by atoms with Crippen LogP contribution in [-0.4, -0.2) is 44.5 Å². The molecule has 25 heavy (non-hydrogen) atoms. The first-order valence-electron chi connectivity index (χ1n) is 7.65. The summed E-state index contributed by atoms with van der Waals surface area (Å²) in [6, 6.07) is 5.79. The second-order valence-electron chi connectivity index (χ2n) is 6.08. The van der Waals surface area contributed by atoms with Crippen molar-refractivity contribution in [2.24, 2.45) is 11.8 Å². The van der Waals surface area contributed by atoms with E-state index in [1.807, 2.05) is 4.72 Å². The van der Waals surface area contributed by atoms with Crippen molar-refractivity contribution in [2.45, 2.75) is 19.0 Å². The summed E-state index contributed by atoms with van der Waals surface area (Å²) in [6.07, 6.45) is -3.93. The van der Waals surface area contributed by atoms with Crippen LogP contribution in [0, 0.1) is 11.8 Å². The predicted molar refractivity (Wildman–Crippen MR) is 85.7 cm³/mol. The van der Waals surface area contributed by atoms with Crippen molar-refractivity contribution in [3.63, 3.8) is 0 Å². The van der Waals surface area contributed by atoms with E-state index in [1.165, 1.54) is 18.2 Å². The van der Waals surface area contributed by atoms with E-state index in [9.17, 15) is 31.5 Å². The highest BCUT2D eigenvalue weighted by Crippen LogP contribution is 2.25. The average molecular weight is 380 g/mol. The van der Waals surface area contributed by atoms with E-state index in [-0.39, 0.29) is 18.0 Å². The molecular weight excluding hydrogens is 361 g/mol. The van der Waals surface area contributed by atoms with Crippen LogP contribution in [0.25, 0.3) is 0 Å². The number of hydrogen-bond acceptors (Lipinski definition) is 4. The first-order chi connectivity index (χ1) is 11.6. The van der Waals surface area contributed by atoms with Gasteiger partial charge in [-0.05, 0) is 49.5 Å². The Bertz CT molecular complexity index is 716. The van der Waals surface area contributed by atoms with Gasteiger partial charge in [-0.2, -0.15) is 13.2 Å². The lowest BCUT2D eigenvalue weighted by molar-refractivity contribution is -0.143. The summed E-state index contributed by atoms with van der Waals surface area (Å²) in [5.74, 6) is -3.60. The van der Waals surface area contributed by atoms with Gasteiger partial charge in [-0.3, -0.25) is 9.52 Å². The minimum absolute atomic E-state index is 0.0181. The lowest BCUT2D eigenvalue weighted by Gasteiger charge is -2.19. The molecule has 3 N–H and O–H groups in total. The zero-order valence-electron chi connectivity index (χ0n) is 13.2. The second-order valence-corrected chi connectivity index (χ2v) is 7.80. The van der Waals surface area contributed by atoms with Gasteiger partial charge in [0.15, 0.2) is 5.75 Å². The Morgan fingerprint density at radius 1 is 1.40 bits per heavy atom. The first-order valence-corrected chi connectivity index (χ1v) is 9.31. The Balaban J connectivity index is 2.11. The lowest BCUT2D eigenvalue weighted by Crippen LogP contribution is -2.28. The molecule has 0 aromatic heterocycles. The van der Waals surface area contributed by atoms with Crippen LogP contribution in [0.2, 0.25) is 0 Å². The fourth-order valence-electron chi connectivity index (χ4n) is 2.92. The number of nitrogens with one attached hydrogen (secondary N) is 2. The summed E-state index contributed by atoms with van der Waals surface area (Å²) in [4.78, 5) is 11.5. The molecule has 2 atom stereocenters. The smallest absolute Gasteiger partial charge is 0.404 e. The quantitative estimate of drug-likeness (QED) is 0.671. The number of benzene rings is 1. The number of hydrogen-bond donors (Lipinski definition) is 3. The van der Waals surface area contributed by atoms with E-state index in [1.54, 1.807) is 6.07 Å². The highest BCUT2D eigenvalue weighted by Gasteiger charge is 2.35. The maximum Gasteiger partial charge on any atom is 0.404 e. The van der Waals surface area contributed by atoms with Crippen LogP contribution in [0.5, 0.6) is 0 Å². The van der Waals surface area contributed by atoms with Crippen molar-refractivity contribution in [3.8, 4) is 0 Å². The van der Waals surface area contributed by atoms with Crippen molar-refractivity contribution in [1.82, 2.24) is 5.32 Å². The van der Waals surface area contributed by atoms with Gasteiger partial charge in [-0.25, -0.2) is 8.42 Å². The number of rotatable bonds is 7. The summed E-state index contributed by atoms with van der Waals surface area (Å²) in [5.41, 5.74) is 0.530. The lowest BCUT2D eigenvalue weighted by atomic mass is 9.86. The maximum absolute atomic E-state index is 12.3. The second kappa shape index (κ2) is 7.61. The maximum atomic E-state index is 12.3. The Morgan fingerprint density at radius 2 is 2.12 bits per heavy atom. The number of carboxylic acid groups (broad SMARTS) is 1. The largest absolute Gasteiger partial charge is 0.481 e. The van der Waals surface area contributed by atoms with E-state index in [0.29, 0.717) is 12.1 Å². The summed E-state index contributed by atoms with van der Waals surface area (Å²) < 4.78 is 61.8. The molecule has 1 heterocycles. The number of alkyl halides is 3. The van der Waals surface area contributed by atoms with Crippen LogP contribution in [0.4, 0.5) is 18.9 Å². The van der Waals surface area contributed by atoms with Crippen molar-refractivity contribution in [3.05, 3.63) is 29.8 Å². The number of sulfonamides is 1. The molecule has 0 saturated carbocycles. The fourth-order valence-corrected chi connectivity index (χ4v) is 3.91. The molecule has 1 aromatic rings. The van der Waals surface area contributed by atoms with Gasteiger partial charge in [-0.15, -0.1) is 0 Å². The Kier molecular flexibility index (Phi) is 5.94. The summed E-state index contributed by atoms with van der Waals surface area (Å²) >= 11 is 0. The highest BCUT2D eigenvalue weighted by molar-refractivity contribution is 7.92. The molecule has 0 unspecified atom stereocenters. The molecule has 0 spiro atoms. The molecule has 1 aliphatic heterocycles. The summed E-state index contributed by atoms with van der Waals surface area (Å²) in [6.45, 7) is 1.33. The molecule has 0 aliphatic carbocycles. The molecule has 0 amide bonds. The van der Waals surface area contributed by atoms with Gasteiger partial charge in [0.25, 0.3) is 0 Å². The van der Waals surface area contributed by atoms with Crippen LogP contribution < -0.4 is 10.0 Å². The highest BCUT2D eigenvalue weighted by atomic mass is 32.2. The molecule has 140 valence electrons. The van der Waals surface area contributed by atoms with Crippen LogP contribution >= 0.6 is 0 Å². The average Bonchev–Trinajstić information content (AvgIpc) is 2.95. The van der Waals surface area contributed by atoms with Crippen molar-refractivity contribution in [2.75, 3.05) is 23.6 Å². The van der Waals surface area contributed by atoms with E-state index in [4.69, 9.17) is 0 Å². The van der Waals surface area contributed by atoms with Crippen LogP contribution in [-0.2, 0) is 21.2 Å². The molecule has 1 aliphatic rings. The minimum atomic E-state index is -4.84. The SMILES string of the molecule is O=C(O)[C@H](Cc1cccc(NS(=O)(=O)CC(F)(F)F)c1)[C@H]1CCNC1. The van der Waals surface area contributed by atoms with E-state index < -0.39 is 33.8 Å². The third-order valence-corrected chi connectivity index (χ3v) is 5.25. The molecule has 0 radical (unpaired) electrons. The van der Waals surface area contributed by atoms with E-state index in [2.05, 4.69) is 5.32 Å². The van der Waals surface area contributed by atoms with Crippen LogP contribution in [0.1, 0.15) is 12.0 Å². The fraction of sp³-hybridized carbons (Fsp3) is 0.533. The van der Waals surface area contributed by atoms with Crippen molar-refractivity contribution < 1.29 is 31.5 Å². The molecule has 0 bridgehead atoms. The van der Waals surface area contributed by atoms with Crippen LogP contribution in [0.3, 0.4) is 0 Å². The number of aliphatic carboxylic acids is 1. The molecule has 1 fully saturated rings. The molecule has 10 heteroatoms. The van der Waals surface area contributed by atoms with E-state index in [0.717, 1.165) is 13.0 Å². The van der Waals surface area contributed by atoms with E-state index >= 15 is 0 Å². The van der Waals surface area contributed by atoms with Gasteiger partial charge >= 0.3 is 12.1 Å². The zero-order valence-corrected chi connectivity index (χ0v) is 14.0. The molecule has 1 aromatic carbocycles. The molecule has 2 rings (SSSR count). The van der Waals surface area contributed by atoms with Gasteiger partial charge in [-0.1, -0.05) is 12.1 Å². The Labute approximate surface area is 143 Å². The van der Waals surface area contributed by atoms with Crippen molar-refractivity contribution in [1.29, 1.82) is 0 Å². The monoisotopic (exact) mass is 380 g/mol. The topological polar surface area (TPSA) is 95.5 Å². The summed E-state index contributed by atoms with van der Waals surface area (Å²) in [7, 11) is -4.57. The first kappa shape index (κ1) is 19.5. The number of halogens is 3. The van der Waals surface area contributed by atoms with Crippen LogP contribution in [0.15, 0.2) is 24.3 Å². The van der Waals surface area contributed by atoms with Gasteiger partial charge in [0.05, 0.1) is 5.92 Å². The van der Waals surface area contributed by atoms with Gasteiger partial charge in [0, 0.05) is 5.69 Å². The normalized spacial score (nSPS) is 19.6. The third kappa shape index (κ3) is 6.20. The van der Waals surface area contributed by atoms with Gasteiger partial charge in [0.2, 0.25) is 10.0 Å². The summed E-state index contributed by atoms with van der Waals surface area (Å²) in [5, 5.41) is 12.5. The number of carboxylic acids is 1. The standard InChI is InChI=1S/C15H19F3N2O4S/c16-15(17,18)9-25(23,24)20-12-3-1-2-10(6-12)7-13(14(21)22)11-4-5-19-8-11/h1-3,6,11,13,19-20H,4-5,7-9H2,(H,21,22)/t11-,13+/m0/s1. The number of carbonyl (C=O) groups is 1. The number of anilines is 1. The van der Waals surface area contributed by atoms with Gasteiger partial charge < -0.3 is 10.4 Å². The Hall–Kier alpha value is -1.81. The predicted octanol–water partition coefficient (Wildman–Crippen LogP) is 1.84. The zero-order chi connectivity index (χ0) is 18.7.